The van der Waals surface area contributed by atoms with E-state index >= 15 is 0 Å². The zero-order valence-electron chi connectivity index (χ0n) is 32.8. The number of H-pyrrole nitrogens is 2. The molecule has 0 saturated carbocycles. The number of fused-ring (bicyclic) bond motifs is 9. The second-order valence-electron chi connectivity index (χ2n) is 15.8. The molecule has 2 amide bonds. The van der Waals surface area contributed by atoms with Crippen LogP contribution in [-0.2, 0) is 9.59 Å². The molecule has 0 spiro atoms. The predicted octanol–water partition coefficient (Wildman–Crippen LogP) is 11.5. The van der Waals surface area contributed by atoms with Crippen LogP contribution >= 0.6 is 0 Å². The summed E-state index contributed by atoms with van der Waals surface area (Å²) in [5.41, 5.74) is 15.5. The molecule has 3 aromatic heterocycles. The van der Waals surface area contributed by atoms with Crippen LogP contribution in [0.1, 0.15) is 29.2 Å². The van der Waals surface area contributed by atoms with Crippen molar-refractivity contribution in [3.8, 4) is 44.5 Å². The zero-order valence-corrected chi connectivity index (χ0v) is 32.8. The van der Waals surface area contributed by atoms with Crippen LogP contribution < -0.4 is 0 Å². The number of aromatic amines is 2. The van der Waals surface area contributed by atoms with Gasteiger partial charge in [0.2, 0.25) is 11.8 Å². The van der Waals surface area contributed by atoms with Crippen LogP contribution in [0.4, 0.5) is 0 Å². The quantitative estimate of drug-likeness (QED) is 0.134. The number of nitrogens with zero attached hydrogens (tertiary/aromatic N) is 3. The molecule has 1 saturated heterocycles. The Kier molecular flexibility index (Phi) is 8.48. The fourth-order valence-corrected chi connectivity index (χ4v) is 9.54. The number of carbonyl (C=O) groups is 2. The molecule has 1 aliphatic carbocycles. The summed E-state index contributed by atoms with van der Waals surface area (Å²) in [7, 11) is 1.61. The van der Waals surface area contributed by atoms with Crippen molar-refractivity contribution in [1.82, 2.24) is 24.8 Å². The number of allylic oxidation sites excluding steroid dienone is 3. The van der Waals surface area contributed by atoms with Gasteiger partial charge in [-0.2, -0.15) is 0 Å². The smallest absolute Gasteiger partial charge is 0.233 e. The van der Waals surface area contributed by atoms with Gasteiger partial charge in [-0.15, -0.1) is 0 Å². The Bertz CT molecular complexity index is 3120. The molecular weight excluding hydrogens is 739 g/mol. The van der Waals surface area contributed by atoms with Crippen molar-refractivity contribution in [2.75, 3.05) is 7.05 Å². The lowest BCUT2D eigenvalue weighted by Crippen LogP contribution is -2.29. The molecule has 7 heteroatoms. The Morgan fingerprint density at radius 3 is 1.43 bits per heavy atom. The summed E-state index contributed by atoms with van der Waals surface area (Å²) in [6, 6.07) is 49.9. The number of rotatable bonds is 5. The molecule has 0 unspecified atom stereocenters. The van der Waals surface area contributed by atoms with Crippen molar-refractivity contribution in [3.05, 3.63) is 181 Å². The van der Waals surface area contributed by atoms with Gasteiger partial charge in [0.15, 0.2) is 0 Å². The molecule has 60 heavy (non-hydrogen) atoms. The van der Waals surface area contributed by atoms with Gasteiger partial charge < -0.3 is 9.97 Å². The second-order valence-corrected chi connectivity index (χ2v) is 15.8. The lowest BCUT2D eigenvalue weighted by atomic mass is 9.72. The number of benzene rings is 4. The molecule has 7 aromatic rings. The molecule has 3 atom stereocenters. The molecule has 4 aromatic carbocycles. The molecular formula is C53H39N5O2. The number of nitrogens with one attached hydrogen (secondary N) is 2. The lowest BCUT2D eigenvalue weighted by molar-refractivity contribution is -0.138. The number of imide groups is 1. The summed E-state index contributed by atoms with van der Waals surface area (Å²) in [4.78, 5) is 47.6. The average molecular weight is 778 g/mol. The number of carbonyl (C=O) groups excluding carboxylic acids is 2. The molecule has 288 valence electrons. The molecule has 8 bridgehead atoms. The summed E-state index contributed by atoms with van der Waals surface area (Å²) < 4.78 is 0. The average Bonchev–Trinajstić information content (AvgIpc) is 4.16. The van der Waals surface area contributed by atoms with Gasteiger partial charge in [0.05, 0.1) is 34.6 Å². The van der Waals surface area contributed by atoms with Crippen molar-refractivity contribution in [2.45, 2.75) is 6.42 Å². The number of aromatic nitrogens is 4. The second kappa shape index (κ2) is 14.3. The SMILES string of the molecule is CN1C(=O)[C@H]2[C@@H](C3=Cc4nc3c(-c3ccccc3)c3ccc([nH]3)c(-c3ccccc3)c3nc(c(-c5ccccc5)c5ccc([nH]5)c4-c4ccccc4)C=C3)C=CC[C@H]2C1=O. The van der Waals surface area contributed by atoms with Crippen molar-refractivity contribution < 1.29 is 9.59 Å². The Balaban J connectivity index is 1.33. The van der Waals surface area contributed by atoms with Crippen LogP contribution in [0.15, 0.2) is 158 Å². The van der Waals surface area contributed by atoms with E-state index in [9.17, 15) is 9.59 Å². The molecule has 2 N–H and O–H groups in total. The minimum atomic E-state index is -0.538. The zero-order chi connectivity index (χ0) is 40.3. The maximum absolute atomic E-state index is 14.0. The molecule has 7 nitrogen and oxygen atoms in total. The van der Waals surface area contributed by atoms with Crippen LogP contribution in [0.3, 0.4) is 0 Å². The normalized spacial score (nSPS) is 18.2. The first kappa shape index (κ1) is 35.5. The molecule has 3 aliphatic heterocycles. The third kappa shape index (κ3) is 5.81. The summed E-state index contributed by atoms with van der Waals surface area (Å²) >= 11 is 0. The summed E-state index contributed by atoms with van der Waals surface area (Å²) in [5, 5.41) is 0. The van der Waals surface area contributed by atoms with Gasteiger partial charge in [-0.1, -0.05) is 133 Å². The maximum Gasteiger partial charge on any atom is 0.233 e. The topological polar surface area (TPSA) is 94.7 Å². The van der Waals surface area contributed by atoms with Crippen molar-refractivity contribution in [2.24, 2.45) is 17.8 Å². The van der Waals surface area contributed by atoms with E-state index in [4.69, 9.17) is 9.97 Å². The van der Waals surface area contributed by atoms with E-state index < -0.39 is 11.8 Å². The molecule has 4 aliphatic rings. The van der Waals surface area contributed by atoms with E-state index in [1.165, 1.54) is 4.90 Å². The fourth-order valence-electron chi connectivity index (χ4n) is 9.54. The van der Waals surface area contributed by atoms with Gasteiger partial charge in [0.1, 0.15) is 0 Å². The van der Waals surface area contributed by atoms with Crippen LogP contribution in [0.2, 0.25) is 0 Å². The summed E-state index contributed by atoms with van der Waals surface area (Å²) in [6.45, 7) is 0. The van der Waals surface area contributed by atoms with E-state index in [0.29, 0.717) is 6.42 Å². The predicted molar refractivity (Wildman–Crippen MR) is 242 cm³/mol. The first-order valence-electron chi connectivity index (χ1n) is 20.4. The van der Waals surface area contributed by atoms with Gasteiger partial charge in [-0.25, -0.2) is 9.97 Å². The van der Waals surface area contributed by atoms with Crippen LogP contribution in [-0.4, -0.2) is 43.7 Å². The van der Waals surface area contributed by atoms with Gasteiger partial charge in [-0.05, 0) is 76.7 Å². The Morgan fingerprint density at radius 1 is 0.517 bits per heavy atom. The maximum atomic E-state index is 14.0. The minimum Gasteiger partial charge on any atom is -0.354 e. The molecule has 11 rings (SSSR count). The van der Waals surface area contributed by atoms with E-state index in [1.54, 1.807) is 7.05 Å². The molecule has 1 fully saturated rings. The number of likely N-dealkylation sites (tertiary alicyclic amines) is 1. The Labute approximate surface area is 347 Å². The summed E-state index contributed by atoms with van der Waals surface area (Å²) in [5.74, 6) is -1.62. The molecule has 0 radical (unpaired) electrons. The van der Waals surface area contributed by atoms with Crippen LogP contribution in [0, 0.1) is 17.8 Å². The molecule has 6 heterocycles. The summed E-state index contributed by atoms with van der Waals surface area (Å²) in [6.07, 6.45) is 11.1. The third-order valence-corrected chi connectivity index (χ3v) is 12.3. The Hall–Kier alpha value is -7.64. The highest BCUT2D eigenvalue weighted by Crippen LogP contribution is 2.49. The largest absolute Gasteiger partial charge is 0.354 e. The van der Waals surface area contributed by atoms with Crippen molar-refractivity contribution in [3.63, 3.8) is 0 Å². The van der Waals surface area contributed by atoms with Crippen LogP contribution in [0.5, 0.6) is 0 Å². The first-order chi connectivity index (χ1) is 29.5. The standard InChI is InChI=1S/C53H39N5O2/c1-58-52(59)37-24-14-23-36(50(37)53(58)60)38-31-45-48(34-19-10-4-11-20-34)43-28-27-41(55-43)46(32-15-6-2-7-16-32)39-25-26-40(54-39)47(33-17-8-3-9-18-33)42-29-30-44(56-42)49(51(38)57-45)35-21-12-5-13-22-35/h2-23,25-31,36-37,50,55-56H,24H2,1H3/t36-,37-,50+/m1/s1. The Morgan fingerprint density at radius 2 is 0.950 bits per heavy atom. The monoisotopic (exact) mass is 777 g/mol. The van der Waals surface area contributed by atoms with E-state index in [0.717, 1.165) is 94.9 Å². The van der Waals surface area contributed by atoms with E-state index in [1.807, 2.05) is 48.5 Å². The van der Waals surface area contributed by atoms with Crippen molar-refractivity contribution in [1.29, 1.82) is 0 Å². The first-order valence-corrected chi connectivity index (χ1v) is 20.4. The third-order valence-electron chi connectivity index (χ3n) is 12.3. The van der Waals surface area contributed by atoms with Crippen molar-refractivity contribution >= 4 is 57.7 Å². The fraction of sp³-hybridized carbons (Fsp3) is 0.0943. The van der Waals surface area contributed by atoms with Gasteiger partial charge in [0, 0.05) is 57.3 Å². The lowest BCUT2D eigenvalue weighted by Gasteiger charge is -2.27. The van der Waals surface area contributed by atoms with Gasteiger partial charge in [-0.3, -0.25) is 14.5 Å². The van der Waals surface area contributed by atoms with E-state index in [2.05, 4.69) is 137 Å². The number of hydrogen-bond donors (Lipinski definition) is 2. The highest BCUT2D eigenvalue weighted by atomic mass is 16.2. The number of hydrogen-bond acceptors (Lipinski definition) is 4. The minimum absolute atomic E-state index is 0.124. The van der Waals surface area contributed by atoms with E-state index in [-0.39, 0.29) is 17.7 Å². The van der Waals surface area contributed by atoms with Gasteiger partial charge >= 0.3 is 0 Å². The van der Waals surface area contributed by atoms with Crippen LogP contribution in [0.25, 0.3) is 90.4 Å². The number of amides is 2. The highest BCUT2D eigenvalue weighted by Gasteiger charge is 2.51. The van der Waals surface area contributed by atoms with Gasteiger partial charge in [0.25, 0.3) is 0 Å². The highest BCUT2D eigenvalue weighted by molar-refractivity contribution is 6.08.